The lowest BCUT2D eigenvalue weighted by Gasteiger charge is -2.34. The number of carbonyl (C=O) groups excluding carboxylic acids is 3. The van der Waals surface area contributed by atoms with Gasteiger partial charge >= 0.3 is 0 Å². The van der Waals surface area contributed by atoms with E-state index in [9.17, 15) is 14.4 Å². The molecular weight excluding hydrogens is 484 g/mol. The SMILES string of the molecule is COc1cnc(-c2cnc(C(C)C)cn2)c2[nH]cc(C(=O)C(=O)N3CCN(C(=O)c4ccccc4)CC3)c12. The minimum Gasteiger partial charge on any atom is -0.494 e. The fraction of sp³-hybridized carbons (Fsp3) is 0.286. The van der Waals surface area contributed by atoms with Crippen molar-refractivity contribution >= 4 is 28.5 Å². The van der Waals surface area contributed by atoms with Crippen molar-refractivity contribution in [2.75, 3.05) is 33.3 Å². The Balaban J connectivity index is 1.37. The Morgan fingerprint density at radius 2 is 1.63 bits per heavy atom. The molecule has 1 saturated heterocycles. The number of piperazine rings is 1. The van der Waals surface area contributed by atoms with Crippen LogP contribution in [0.1, 0.15) is 46.2 Å². The second kappa shape index (κ2) is 10.4. The van der Waals surface area contributed by atoms with E-state index in [1.165, 1.54) is 24.4 Å². The van der Waals surface area contributed by atoms with Crippen LogP contribution in [0.2, 0.25) is 0 Å². The Kier molecular flexibility index (Phi) is 6.87. The molecule has 10 nitrogen and oxygen atoms in total. The molecule has 0 spiro atoms. The van der Waals surface area contributed by atoms with E-state index in [0.717, 1.165) is 5.69 Å². The molecule has 1 aromatic carbocycles. The van der Waals surface area contributed by atoms with Gasteiger partial charge in [-0.15, -0.1) is 0 Å². The number of nitrogens with zero attached hydrogens (tertiary/aromatic N) is 5. The molecule has 0 atom stereocenters. The topological polar surface area (TPSA) is 121 Å². The first-order chi connectivity index (χ1) is 18.4. The largest absolute Gasteiger partial charge is 0.494 e. The average molecular weight is 513 g/mol. The highest BCUT2D eigenvalue weighted by atomic mass is 16.5. The number of nitrogens with one attached hydrogen (secondary N) is 1. The molecule has 38 heavy (non-hydrogen) atoms. The van der Waals surface area contributed by atoms with Crippen molar-refractivity contribution in [2.45, 2.75) is 19.8 Å². The van der Waals surface area contributed by atoms with Gasteiger partial charge in [0.1, 0.15) is 17.1 Å². The van der Waals surface area contributed by atoms with Crippen LogP contribution in [0.3, 0.4) is 0 Å². The van der Waals surface area contributed by atoms with E-state index < -0.39 is 11.7 Å². The number of amides is 2. The highest BCUT2D eigenvalue weighted by Gasteiger charge is 2.31. The third-order valence-corrected chi connectivity index (χ3v) is 6.71. The summed E-state index contributed by atoms with van der Waals surface area (Å²) in [5, 5.41) is 0.462. The van der Waals surface area contributed by atoms with Gasteiger partial charge in [-0.05, 0) is 18.1 Å². The predicted octanol–water partition coefficient (Wildman–Crippen LogP) is 3.32. The van der Waals surface area contributed by atoms with Crippen LogP contribution in [-0.2, 0) is 4.79 Å². The van der Waals surface area contributed by atoms with Crippen molar-refractivity contribution in [1.29, 1.82) is 0 Å². The number of hydrogen-bond acceptors (Lipinski definition) is 7. The zero-order valence-corrected chi connectivity index (χ0v) is 21.5. The summed E-state index contributed by atoms with van der Waals surface area (Å²) in [7, 11) is 1.49. The van der Waals surface area contributed by atoms with Gasteiger partial charge in [0.2, 0.25) is 0 Å². The molecule has 2 amide bonds. The fourth-order valence-electron chi connectivity index (χ4n) is 4.54. The number of H-pyrrole nitrogens is 1. The summed E-state index contributed by atoms with van der Waals surface area (Å²) in [6, 6.07) is 9.01. The van der Waals surface area contributed by atoms with Crippen LogP contribution in [0.4, 0.5) is 0 Å². The number of hydrogen-bond donors (Lipinski definition) is 1. The van der Waals surface area contributed by atoms with Gasteiger partial charge in [-0.3, -0.25) is 24.4 Å². The minimum absolute atomic E-state index is 0.0880. The monoisotopic (exact) mass is 512 g/mol. The van der Waals surface area contributed by atoms with Crippen molar-refractivity contribution in [2.24, 2.45) is 0 Å². The minimum atomic E-state index is -0.657. The molecular formula is C28H28N6O4. The van der Waals surface area contributed by atoms with Gasteiger partial charge in [0.15, 0.2) is 0 Å². The number of fused-ring (bicyclic) bond motifs is 1. The lowest BCUT2D eigenvalue weighted by Crippen LogP contribution is -2.52. The normalized spacial score (nSPS) is 13.7. The molecule has 0 radical (unpaired) electrons. The van der Waals surface area contributed by atoms with E-state index >= 15 is 0 Å². The Morgan fingerprint density at radius 3 is 2.26 bits per heavy atom. The maximum absolute atomic E-state index is 13.4. The van der Waals surface area contributed by atoms with Crippen molar-refractivity contribution in [3.63, 3.8) is 0 Å². The van der Waals surface area contributed by atoms with Crippen LogP contribution in [-0.4, -0.2) is 80.6 Å². The number of aromatic amines is 1. The van der Waals surface area contributed by atoms with Gasteiger partial charge in [0.25, 0.3) is 17.6 Å². The quantitative estimate of drug-likeness (QED) is 0.311. The van der Waals surface area contributed by atoms with Crippen LogP contribution >= 0.6 is 0 Å². The molecule has 1 aliphatic rings. The van der Waals surface area contributed by atoms with E-state index in [1.54, 1.807) is 29.4 Å². The standard InChI is InChI=1S/C28H28N6O4/c1-17(2)20-14-30-21(15-29-20)24-25-23(22(38-3)16-32-24)19(13-31-25)26(35)28(37)34-11-9-33(10-12-34)27(36)18-7-5-4-6-8-18/h4-8,13-17,31H,9-12H2,1-3H3. The molecule has 194 valence electrons. The molecule has 4 aromatic rings. The second-order valence-electron chi connectivity index (χ2n) is 9.39. The molecule has 0 bridgehead atoms. The lowest BCUT2D eigenvalue weighted by molar-refractivity contribution is -0.127. The van der Waals surface area contributed by atoms with E-state index in [-0.39, 0.29) is 30.5 Å². The third-order valence-electron chi connectivity index (χ3n) is 6.71. The van der Waals surface area contributed by atoms with E-state index in [4.69, 9.17) is 4.74 Å². The molecule has 5 rings (SSSR count). The molecule has 3 aromatic heterocycles. The Hall–Kier alpha value is -4.60. The summed E-state index contributed by atoms with van der Waals surface area (Å²) < 4.78 is 5.49. The average Bonchev–Trinajstić information content (AvgIpc) is 3.41. The van der Waals surface area contributed by atoms with Gasteiger partial charge in [-0.25, -0.2) is 4.98 Å². The van der Waals surface area contributed by atoms with Crippen LogP contribution in [0.5, 0.6) is 5.75 Å². The van der Waals surface area contributed by atoms with E-state index in [1.807, 2.05) is 32.0 Å². The van der Waals surface area contributed by atoms with Crippen LogP contribution in [0.25, 0.3) is 22.3 Å². The number of ether oxygens (including phenoxy) is 1. The number of rotatable bonds is 6. The maximum Gasteiger partial charge on any atom is 0.295 e. The Morgan fingerprint density at radius 1 is 0.921 bits per heavy atom. The number of Topliss-reactive ketones (excluding diaryl/α,β-unsaturated/α-hetero) is 1. The highest BCUT2D eigenvalue weighted by Crippen LogP contribution is 2.34. The summed E-state index contributed by atoms with van der Waals surface area (Å²) in [6.45, 7) is 5.31. The number of pyridine rings is 1. The number of aromatic nitrogens is 4. The van der Waals surface area contributed by atoms with Crippen molar-refractivity contribution < 1.29 is 19.1 Å². The first-order valence-corrected chi connectivity index (χ1v) is 12.4. The van der Waals surface area contributed by atoms with Crippen LogP contribution in [0.15, 0.2) is 55.1 Å². The van der Waals surface area contributed by atoms with Crippen molar-refractivity contribution in [1.82, 2.24) is 29.7 Å². The summed E-state index contributed by atoms with van der Waals surface area (Å²) in [6.07, 6.45) is 6.37. The highest BCUT2D eigenvalue weighted by molar-refractivity contribution is 6.45. The second-order valence-corrected chi connectivity index (χ2v) is 9.39. The number of carbonyl (C=O) groups is 3. The molecule has 1 aliphatic heterocycles. The zero-order valence-electron chi connectivity index (χ0n) is 21.5. The molecule has 0 unspecified atom stereocenters. The third kappa shape index (κ3) is 4.60. The smallest absolute Gasteiger partial charge is 0.295 e. The predicted molar refractivity (Wildman–Crippen MR) is 141 cm³/mol. The summed E-state index contributed by atoms with van der Waals surface area (Å²) in [5.74, 6) is -0.768. The van der Waals surface area contributed by atoms with Crippen LogP contribution < -0.4 is 4.74 Å². The van der Waals surface area contributed by atoms with Crippen molar-refractivity contribution in [3.05, 3.63) is 71.9 Å². The number of methoxy groups -OCH3 is 1. The lowest BCUT2D eigenvalue weighted by atomic mass is 10.1. The summed E-state index contributed by atoms with van der Waals surface area (Å²) >= 11 is 0. The van der Waals surface area contributed by atoms with Gasteiger partial charge in [0.05, 0.1) is 41.7 Å². The first kappa shape index (κ1) is 25.1. The molecule has 0 aliphatic carbocycles. The summed E-state index contributed by atoms with van der Waals surface area (Å²) in [5.41, 5.74) is 3.22. The number of benzene rings is 1. The van der Waals surface area contributed by atoms with Gasteiger partial charge in [-0.2, -0.15) is 0 Å². The van der Waals surface area contributed by atoms with Gasteiger partial charge in [0, 0.05) is 44.1 Å². The van der Waals surface area contributed by atoms with E-state index in [0.29, 0.717) is 46.7 Å². The zero-order chi connectivity index (χ0) is 26.8. The Labute approximate surface area is 219 Å². The first-order valence-electron chi connectivity index (χ1n) is 12.4. The fourth-order valence-corrected chi connectivity index (χ4v) is 4.54. The molecule has 0 saturated carbocycles. The Bertz CT molecular complexity index is 1490. The van der Waals surface area contributed by atoms with Gasteiger partial charge < -0.3 is 19.5 Å². The van der Waals surface area contributed by atoms with E-state index in [2.05, 4.69) is 19.9 Å². The number of ketones is 1. The summed E-state index contributed by atoms with van der Waals surface area (Å²) in [4.78, 5) is 59.1. The molecule has 1 N–H and O–H groups in total. The van der Waals surface area contributed by atoms with Gasteiger partial charge in [-0.1, -0.05) is 32.0 Å². The maximum atomic E-state index is 13.4. The van der Waals surface area contributed by atoms with Crippen molar-refractivity contribution in [3.8, 4) is 17.1 Å². The molecule has 4 heterocycles. The van der Waals surface area contributed by atoms with Crippen LogP contribution in [0, 0.1) is 0 Å². The molecule has 1 fully saturated rings. The molecule has 10 heteroatoms.